The Kier molecular flexibility index (Phi) is 3.69. The van der Waals surface area contributed by atoms with Gasteiger partial charge < -0.3 is 5.11 Å². The summed E-state index contributed by atoms with van der Waals surface area (Å²) in [5.74, 6) is -0.920. The SMILES string of the molecule is CCC(c1ccccc1)[C@H](C)C(=O)O. The van der Waals surface area contributed by atoms with Crippen LogP contribution in [0.5, 0.6) is 0 Å². The van der Waals surface area contributed by atoms with Crippen LogP contribution in [-0.4, -0.2) is 11.1 Å². The summed E-state index contributed by atoms with van der Waals surface area (Å²) in [6, 6.07) is 9.84. The lowest BCUT2D eigenvalue weighted by Gasteiger charge is -2.19. The Morgan fingerprint density at radius 1 is 1.36 bits per heavy atom. The van der Waals surface area contributed by atoms with E-state index in [1.165, 1.54) is 0 Å². The molecule has 1 N–H and O–H groups in total. The van der Waals surface area contributed by atoms with Crippen LogP contribution in [0.2, 0.25) is 0 Å². The topological polar surface area (TPSA) is 37.3 Å². The van der Waals surface area contributed by atoms with Gasteiger partial charge in [-0.15, -0.1) is 0 Å². The molecule has 0 saturated heterocycles. The summed E-state index contributed by atoms with van der Waals surface area (Å²) in [5.41, 5.74) is 1.12. The lowest BCUT2D eigenvalue weighted by atomic mass is 9.85. The Morgan fingerprint density at radius 2 is 1.93 bits per heavy atom. The first-order valence-corrected chi connectivity index (χ1v) is 4.94. The number of benzene rings is 1. The maximum absolute atomic E-state index is 10.9. The molecule has 14 heavy (non-hydrogen) atoms. The van der Waals surface area contributed by atoms with Gasteiger partial charge in [0.1, 0.15) is 0 Å². The minimum Gasteiger partial charge on any atom is -0.481 e. The molecule has 0 aliphatic heterocycles. The van der Waals surface area contributed by atoms with E-state index in [1.54, 1.807) is 6.92 Å². The van der Waals surface area contributed by atoms with Gasteiger partial charge in [-0.05, 0) is 17.9 Å². The molecule has 0 heterocycles. The van der Waals surface area contributed by atoms with Gasteiger partial charge >= 0.3 is 5.97 Å². The molecule has 0 aliphatic carbocycles. The van der Waals surface area contributed by atoms with Crippen molar-refractivity contribution in [2.75, 3.05) is 0 Å². The molecule has 1 unspecified atom stereocenters. The van der Waals surface area contributed by atoms with E-state index >= 15 is 0 Å². The van der Waals surface area contributed by atoms with E-state index in [0.29, 0.717) is 0 Å². The van der Waals surface area contributed by atoms with E-state index in [4.69, 9.17) is 5.11 Å². The molecular weight excluding hydrogens is 176 g/mol. The summed E-state index contributed by atoms with van der Waals surface area (Å²) < 4.78 is 0. The van der Waals surface area contributed by atoms with E-state index in [-0.39, 0.29) is 11.8 Å². The van der Waals surface area contributed by atoms with Crippen LogP contribution >= 0.6 is 0 Å². The van der Waals surface area contributed by atoms with Gasteiger partial charge in [-0.2, -0.15) is 0 Å². The molecule has 76 valence electrons. The monoisotopic (exact) mass is 192 g/mol. The summed E-state index contributed by atoms with van der Waals surface area (Å²) >= 11 is 0. The fourth-order valence-electron chi connectivity index (χ4n) is 1.75. The fourth-order valence-corrected chi connectivity index (χ4v) is 1.75. The molecule has 2 heteroatoms. The van der Waals surface area contributed by atoms with Gasteiger partial charge in [0.25, 0.3) is 0 Å². The molecule has 0 aromatic heterocycles. The highest BCUT2D eigenvalue weighted by Crippen LogP contribution is 2.27. The van der Waals surface area contributed by atoms with E-state index in [9.17, 15) is 4.79 Å². The molecule has 0 radical (unpaired) electrons. The Labute approximate surface area is 84.6 Å². The molecule has 0 saturated carbocycles. The van der Waals surface area contributed by atoms with E-state index < -0.39 is 5.97 Å². The van der Waals surface area contributed by atoms with Crippen LogP contribution in [0.25, 0.3) is 0 Å². The highest BCUT2D eigenvalue weighted by atomic mass is 16.4. The number of carboxylic acid groups (broad SMARTS) is 1. The van der Waals surface area contributed by atoms with Gasteiger partial charge in [-0.3, -0.25) is 4.79 Å². The highest BCUT2D eigenvalue weighted by molar-refractivity contribution is 5.70. The van der Waals surface area contributed by atoms with Crippen LogP contribution < -0.4 is 0 Å². The first-order valence-electron chi connectivity index (χ1n) is 4.94. The molecule has 0 spiro atoms. The number of hydrogen-bond donors (Lipinski definition) is 1. The molecular formula is C12H16O2. The van der Waals surface area contributed by atoms with Gasteiger partial charge in [0.05, 0.1) is 5.92 Å². The van der Waals surface area contributed by atoms with Crippen LogP contribution in [0.3, 0.4) is 0 Å². The first kappa shape index (κ1) is 10.8. The average Bonchev–Trinajstić information content (AvgIpc) is 2.20. The average molecular weight is 192 g/mol. The van der Waals surface area contributed by atoms with Crippen LogP contribution in [0.15, 0.2) is 30.3 Å². The summed E-state index contributed by atoms with van der Waals surface area (Å²) in [6.07, 6.45) is 0.859. The quantitative estimate of drug-likeness (QED) is 0.796. The van der Waals surface area contributed by atoms with Gasteiger partial charge in [0.15, 0.2) is 0 Å². The second-order valence-corrected chi connectivity index (χ2v) is 3.55. The van der Waals surface area contributed by atoms with Crippen molar-refractivity contribution >= 4 is 5.97 Å². The van der Waals surface area contributed by atoms with Crippen molar-refractivity contribution in [2.45, 2.75) is 26.2 Å². The lowest BCUT2D eigenvalue weighted by Crippen LogP contribution is -2.18. The maximum Gasteiger partial charge on any atom is 0.306 e. The molecule has 2 atom stereocenters. The Morgan fingerprint density at radius 3 is 2.36 bits per heavy atom. The van der Waals surface area contributed by atoms with E-state index in [1.807, 2.05) is 37.3 Å². The molecule has 2 nitrogen and oxygen atoms in total. The lowest BCUT2D eigenvalue weighted by molar-refractivity contribution is -0.141. The predicted octanol–water partition coefficient (Wildman–Crippen LogP) is 2.90. The van der Waals surface area contributed by atoms with Gasteiger partial charge in [-0.1, -0.05) is 44.2 Å². The molecule has 1 aromatic carbocycles. The van der Waals surface area contributed by atoms with Crippen molar-refractivity contribution in [3.05, 3.63) is 35.9 Å². The number of hydrogen-bond acceptors (Lipinski definition) is 1. The second kappa shape index (κ2) is 4.80. The van der Waals surface area contributed by atoms with Crippen LogP contribution in [-0.2, 0) is 4.79 Å². The summed E-state index contributed by atoms with van der Waals surface area (Å²) in [5, 5.41) is 8.94. The molecule has 0 fully saturated rings. The maximum atomic E-state index is 10.9. The Balaban J connectivity index is 2.87. The molecule has 1 aromatic rings. The largest absolute Gasteiger partial charge is 0.481 e. The van der Waals surface area contributed by atoms with Gasteiger partial charge in [-0.25, -0.2) is 0 Å². The van der Waals surface area contributed by atoms with Crippen molar-refractivity contribution in [1.82, 2.24) is 0 Å². The van der Waals surface area contributed by atoms with E-state index in [2.05, 4.69) is 0 Å². The third kappa shape index (κ3) is 2.34. The zero-order valence-corrected chi connectivity index (χ0v) is 8.60. The molecule has 0 aliphatic rings. The number of carboxylic acids is 1. The van der Waals surface area contributed by atoms with E-state index in [0.717, 1.165) is 12.0 Å². The van der Waals surface area contributed by atoms with Gasteiger partial charge in [0, 0.05) is 0 Å². The molecule has 0 amide bonds. The predicted molar refractivity (Wildman–Crippen MR) is 56.3 cm³/mol. The Hall–Kier alpha value is -1.31. The smallest absolute Gasteiger partial charge is 0.306 e. The number of carbonyl (C=O) groups is 1. The molecule has 0 bridgehead atoms. The van der Waals surface area contributed by atoms with Crippen molar-refractivity contribution in [2.24, 2.45) is 5.92 Å². The first-order chi connectivity index (χ1) is 6.66. The summed E-state index contributed by atoms with van der Waals surface area (Å²) in [6.45, 7) is 3.79. The fraction of sp³-hybridized carbons (Fsp3) is 0.417. The zero-order valence-electron chi connectivity index (χ0n) is 8.60. The van der Waals surface area contributed by atoms with Crippen molar-refractivity contribution in [3.8, 4) is 0 Å². The second-order valence-electron chi connectivity index (χ2n) is 3.55. The van der Waals surface area contributed by atoms with Crippen LogP contribution in [0, 0.1) is 5.92 Å². The number of aliphatic carboxylic acids is 1. The highest BCUT2D eigenvalue weighted by Gasteiger charge is 2.22. The van der Waals surface area contributed by atoms with Crippen molar-refractivity contribution in [3.63, 3.8) is 0 Å². The standard InChI is InChI=1S/C12H16O2/c1-3-11(9(2)12(13)14)10-7-5-4-6-8-10/h4-9,11H,3H2,1-2H3,(H,13,14)/t9-,11?/m0/s1. The van der Waals surface area contributed by atoms with Gasteiger partial charge in [0.2, 0.25) is 0 Å². The van der Waals surface area contributed by atoms with Crippen molar-refractivity contribution < 1.29 is 9.90 Å². The summed E-state index contributed by atoms with van der Waals surface area (Å²) in [4.78, 5) is 10.9. The van der Waals surface area contributed by atoms with Crippen LogP contribution in [0.1, 0.15) is 31.7 Å². The minimum atomic E-state index is -0.722. The summed E-state index contributed by atoms with van der Waals surface area (Å²) in [7, 11) is 0. The Bertz CT molecular complexity index is 292. The number of rotatable bonds is 4. The van der Waals surface area contributed by atoms with Crippen molar-refractivity contribution in [1.29, 1.82) is 0 Å². The third-order valence-corrected chi connectivity index (χ3v) is 2.66. The third-order valence-electron chi connectivity index (χ3n) is 2.66. The zero-order chi connectivity index (χ0) is 10.6. The molecule has 1 rings (SSSR count). The van der Waals surface area contributed by atoms with Crippen LogP contribution in [0.4, 0.5) is 0 Å². The normalized spacial score (nSPS) is 14.7. The minimum absolute atomic E-state index is 0.119.